The van der Waals surface area contributed by atoms with Crippen molar-refractivity contribution in [3.8, 4) is 0 Å². The first-order chi connectivity index (χ1) is 12.7. The van der Waals surface area contributed by atoms with E-state index in [0.29, 0.717) is 0 Å². The Balaban J connectivity index is 1.48. The molecule has 0 radical (unpaired) electrons. The molecule has 26 heavy (non-hydrogen) atoms. The summed E-state index contributed by atoms with van der Waals surface area (Å²) >= 11 is 1.54. The molecule has 134 valence electrons. The van der Waals surface area contributed by atoms with Crippen LogP contribution in [0.3, 0.4) is 0 Å². The van der Waals surface area contributed by atoms with Gasteiger partial charge >= 0.3 is 0 Å². The van der Waals surface area contributed by atoms with Gasteiger partial charge in [0.05, 0.1) is 10.4 Å². The van der Waals surface area contributed by atoms with Crippen molar-refractivity contribution in [1.29, 1.82) is 0 Å². The molecular weight excluding hydrogens is 342 g/mol. The molecule has 1 amide bonds. The maximum atomic E-state index is 12.7. The predicted molar refractivity (Wildman–Crippen MR) is 106 cm³/mol. The van der Waals surface area contributed by atoms with E-state index in [4.69, 9.17) is 0 Å². The third-order valence-corrected chi connectivity index (χ3v) is 7.17. The molecule has 1 saturated heterocycles. The standard InChI is InChI=1S/C21H23N3OS/c1-23-11-8-16-15-5-2-3-6-17(15)22-19(16)21(23)9-12-24(13-10-21)20(25)18-7-4-14-26-18/h2-7,14,22H,8-13H2,1H3. The lowest BCUT2D eigenvalue weighted by Crippen LogP contribution is -2.55. The van der Waals surface area contributed by atoms with E-state index >= 15 is 0 Å². The third-order valence-electron chi connectivity index (χ3n) is 6.32. The fourth-order valence-electron chi connectivity index (χ4n) is 4.81. The van der Waals surface area contributed by atoms with E-state index in [-0.39, 0.29) is 11.4 Å². The van der Waals surface area contributed by atoms with Crippen LogP contribution in [0, 0.1) is 0 Å². The highest BCUT2D eigenvalue weighted by atomic mass is 32.1. The molecule has 2 aromatic heterocycles. The molecule has 0 bridgehead atoms. The van der Waals surface area contributed by atoms with Gasteiger partial charge in [-0.3, -0.25) is 9.69 Å². The Morgan fingerprint density at radius 2 is 1.92 bits per heavy atom. The molecule has 1 N–H and O–H groups in total. The highest BCUT2D eigenvalue weighted by molar-refractivity contribution is 7.12. The summed E-state index contributed by atoms with van der Waals surface area (Å²) in [6.45, 7) is 2.71. The lowest BCUT2D eigenvalue weighted by atomic mass is 9.78. The van der Waals surface area contributed by atoms with Gasteiger partial charge in [-0.2, -0.15) is 0 Å². The number of benzene rings is 1. The van der Waals surface area contributed by atoms with E-state index in [1.54, 1.807) is 0 Å². The number of likely N-dealkylation sites (tertiary alicyclic amines) is 1. The summed E-state index contributed by atoms with van der Waals surface area (Å²) in [6, 6.07) is 12.5. The number of hydrogen-bond acceptors (Lipinski definition) is 3. The van der Waals surface area contributed by atoms with Crippen molar-refractivity contribution in [2.45, 2.75) is 24.8 Å². The topological polar surface area (TPSA) is 39.3 Å². The highest BCUT2D eigenvalue weighted by Gasteiger charge is 2.45. The van der Waals surface area contributed by atoms with Gasteiger partial charge in [-0.15, -0.1) is 11.3 Å². The van der Waals surface area contributed by atoms with E-state index in [0.717, 1.165) is 43.8 Å². The van der Waals surface area contributed by atoms with Crippen molar-refractivity contribution < 1.29 is 4.79 Å². The second-order valence-electron chi connectivity index (χ2n) is 7.50. The van der Waals surface area contributed by atoms with Gasteiger partial charge in [-0.1, -0.05) is 24.3 Å². The fourth-order valence-corrected chi connectivity index (χ4v) is 5.50. The van der Waals surface area contributed by atoms with Crippen LogP contribution in [0.2, 0.25) is 0 Å². The number of piperidine rings is 1. The van der Waals surface area contributed by atoms with Crippen LogP contribution in [-0.4, -0.2) is 47.4 Å². The molecule has 0 saturated carbocycles. The first-order valence-electron chi connectivity index (χ1n) is 9.33. The maximum absolute atomic E-state index is 12.7. The first kappa shape index (κ1) is 16.1. The third kappa shape index (κ3) is 2.27. The average Bonchev–Trinajstić information content (AvgIpc) is 3.33. The van der Waals surface area contributed by atoms with Gasteiger partial charge in [0.2, 0.25) is 0 Å². The Hall–Kier alpha value is -2.11. The molecule has 1 aromatic carbocycles. The van der Waals surface area contributed by atoms with Crippen molar-refractivity contribution in [3.05, 3.63) is 57.9 Å². The van der Waals surface area contributed by atoms with Crippen LogP contribution >= 0.6 is 11.3 Å². The smallest absolute Gasteiger partial charge is 0.263 e. The number of nitrogens with one attached hydrogen (secondary N) is 1. The monoisotopic (exact) mass is 365 g/mol. The molecular formula is C21H23N3OS. The van der Waals surface area contributed by atoms with Crippen LogP contribution in [0.5, 0.6) is 0 Å². The van der Waals surface area contributed by atoms with Crippen LogP contribution in [0.4, 0.5) is 0 Å². The summed E-state index contributed by atoms with van der Waals surface area (Å²) in [4.78, 5) is 21.8. The predicted octanol–water partition coefficient (Wildman–Crippen LogP) is 3.85. The van der Waals surface area contributed by atoms with Crippen molar-refractivity contribution in [2.75, 3.05) is 26.7 Å². The number of hydrogen-bond donors (Lipinski definition) is 1. The Morgan fingerprint density at radius 1 is 1.12 bits per heavy atom. The molecule has 1 fully saturated rings. The molecule has 4 heterocycles. The van der Waals surface area contributed by atoms with Gasteiger partial charge in [0.1, 0.15) is 0 Å². The van der Waals surface area contributed by atoms with Crippen molar-refractivity contribution in [1.82, 2.24) is 14.8 Å². The van der Waals surface area contributed by atoms with Crippen LogP contribution in [0.1, 0.15) is 33.8 Å². The van der Waals surface area contributed by atoms with E-state index in [1.165, 1.54) is 33.5 Å². The number of fused-ring (bicyclic) bond motifs is 4. The fraction of sp³-hybridized carbons (Fsp3) is 0.381. The van der Waals surface area contributed by atoms with E-state index in [9.17, 15) is 4.79 Å². The normalized spacial score (nSPS) is 19.8. The Bertz CT molecular complexity index is 951. The summed E-state index contributed by atoms with van der Waals surface area (Å²) in [7, 11) is 2.24. The molecule has 0 unspecified atom stereocenters. The number of nitrogens with zero attached hydrogens (tertiary/aromatic N) is 2. The molecule has 0 aliphatic carbocycles. The van der Waals surface area contributed by atoms with Gasteiger partial charge in [-0.05, 0) is 49.4 Å². The first-order valence-corrected chi connectivity index (χ1v) is 10.2. The zero-order valence-electron chi connectivity index (χ0n) is 15.0. The second-order valence-corrected chi connectivity index (χ2v) is 8.44. The SMILES string of the molecule is CN1CCc2c([nH]c3ccccc23)C12CCN(C(=O)c1cccs1)CC2. The summed E-state index contributed by atoms with van der Waals surface area (Å²) in [5, 5.41) is 3.34. The highest BCUT2D eigenvalue weighted by Crippen LogP contribution is 2.44. The zero-order valence-corrected chi connectivity index (χ0v) is 15.8. The number of amides is 1. The summed E-state index contributed by atoms with van der Waals surface area (Å²) < 4.78 is 0. The van der Waals surface area contributed by atoms with Gasteiger partial charge in [-0.25, -0.2) is 0 Å². The largest absolute Gasteiger partial charge is 0.357 e. The van der Waals surface area contributed by atoms with E-state index in [2.05, 4.69) is 41.2 Å². The van der Waals surface area contributed by atoms with Gasteiger partial charge in [0.15, 0.2) is 0 Å². The Labute approximate surface area is 157 Å². The van der Waals surface area contributed by atoms with Gasteiger partial charge < -0.3 is 9.88 Å². The zero-order chi connectivity index (χ0) is 17.7. The van der Waals surface area contributed by atoms with E-state index < -0.39 is 0 Å². The van der Waals surface area contributed by atoms with Crippen molar-refractivity contribution >= 4 is 28.1 Å². The minimum absolute atomic E-state index is 0.0266. The number of thiophene rings is 1. The average molecular weight is 366 g/mol. The summed E-state index contributed by atoms with van der Waals surface area (Å²) in [5.41, 5.74) is 4.13. The maximum Gasteiger partial charge on any atom is 0.263 e. The van der Waals surface area contributed by atoms with Crippen LogP contribution in [-0.2, 0) is 12.0 Å². The van der Waals surface area contributed by atoms with Crippen LogP contribution < -0.4 is 0 Å². The summed E-state index contributed by atoms with van der Waals surface area (Å²) in [6.07, 6.45) is 3.07. The molecule has 2 aliphatic rings. The second kappa shape index (κ2) is 5.96. The van der Waals surface area contributed by atoms with E-state index in [1.807, 2.05) is 22.4 Å². The molecule has 5 rings (SSSR count). The number of H-pyrrole nitrogens is 1. The Kier molecular flexibility index (Phi) is 3.69. The Morgan fingerprint density at radius 3 is 2.69 bits per heavy atom. The minimum atomic E-state index is 0.0266. The number of rotatable bonds is 1. The molecule has 3 aromatic rings. The number of carbonyl (C=O) groups is 1. The van der Waals surface area contributed by atoms with Crippen LogP contribution in [0.25, 0.3) is 10.9 Å². The lowest BCUT2D eigenvalue weighted by molar-refractivity contribution is 0.0234. The van der Waals surface area contributed by atoms with Crippen LogP contribution in [0.15, 0.2) is 41.8 Å². The molecule has 0 atom stereocenters. The van der Waals surface area contributed by atoms with Crippen molar-refractivity contribution in [3.63, 3.8) is 0 Å². The number of aromatic amines is 1. The molecule has 5 heteroatoms. The number of carbonyl (C=O) groups excluding carboxylic acids is 1. The quantitative estimate of drug-likeness (QED) is 0.711. The lowest BCUT2D eigenvalue weighted by Gasteiger charge is -2.49. The van der Waals surface area contributed by atoms with Crippen molar-refractivity contribution in [2.24, 2.45) is 0 Å². The number of para-hydroxylation sites is 1. The molecule has 1 spiro atoms. The number of aromatic nitrogens is 1. The summed E-state index contributed by atoms with van der Waals surface area (Å²) in [5.74, 6) is 0.185. The number of likely N-dealkylation sites (N-methyl/N-ethyl adjacent to an activating group) is 1. The van der Waals surface area contributed by atoms with Gasteiger partial charge in [0, 0.05) is 36.2 Å². The minimum Gasteiger partial charge on any atom is -0.357 e. The molecule has 2 aliphatic heterocycles. The van der Waals surface area contributed by atoms with Gasteiger partial charge in [0.25, 0.3) is 5.91 Å². The molecule has 4 nitrogen and oxygen atoms in total.